The molecule has 0 unspecified atom stereocenters. The van der Waals surface area contributed by atoms with E-state index in [1.54, 1.807) is 53.9 Å². The number of aliphatic imine (C=N–C) groups is 1. The molecule has 0 fully saturated rings. The lowest BCUT2D eigenvalue weighted by molar-refractivity contribution is 0.102. The zero-order valence-corrected chi connectivity index (χ0v) is 23.3. The summed E-state index contributed by atoms with van der Waals surface area (Å²) in [6.07, 6.45) is 4.38. The van der Waals surface area contributed by atoms with Gasteiger partial charge in [-0.3, -0.25) is 4.79 Å². The SMILES string of the molecule is COc1cc(Br)cc(C=Nc2sc3c(c2C(=O)Nc2ccc(Cl)cc2)CC[C@H](C(C)(C)C)C3)c1O. The van der Waals surface area contributed by atoms with Gasteiger partial charge >= 0.3 is 0 Å². The third-order valence-electron chi connectivity index (χ3n) is 6.41. The number of fused-ring (bicyclic) bond motifs is 1. The second kappa shape index (κ2) is 10.3. The summed E-state index contributed by atoms with van der Waals surface area (Å²) in [5.41, 5.74) is 3.04. The fraction of sp³-hybridized carbons (Fsp3) is 0.333. The Morgan fingerprint density at radius 2 is 2.00 bits per heavy atom. The van der Waals surface area contributed by atoms with E-state index < -0.39 is 0 Å². The summed E-state index contributed by atoms with van der Waals surface area (Å²) in [5, 5.41) is 14.8. The maximum Gasteiger partial charge on any atom is 0.259 e. The highest BCUT2D eigenvalue weighted by atomic mass is 79.9. The van der Waals surface area contributed by atoms with Gasteiger partial charge in [0, 0.05) is 31.8 Å². The Morgan fingerprint density at radius 3 is 2.66 bits per heavy atom. The van der Waals surface area contributed by atoms with E-state index in [4.69, 9.17) is 21.3 Å². The van der Waals surface area contributed by atoms with Crippen molar-refractivity contribution < 1.29 is 14.6 Å². The van der Waals surface area contributed by atoms with Crippen molar-refractivity contribution in [2.75, 3.05) is 12.4 Å². The number of hydrogen-bond donors (Lipinski definition) is 2. The largest absolute Gasteiger partial charge is 0.504 e. The molecule has 2 N–H and O–H groups in total. The molecule has 1 atom stereocenters. The lowest BCUT2D eigenvalue weighted by Crippen LogP contribution is -2.27. The molecule has 35 heavy (non-hydrogen) atoms. The molecule has 1 aliphatic rings. The number of thiophene rings is 1. The summed E-state index contributed by atoms with van der Waals surface area (Å²) in [4.78, 5) is 19.4. The second-order valence-corrected chi connectivity index (χ2v) is 12.2. The number of phenolic OH excluding ortho intramolecular Hbond substituents is 1. The maximum atomic E-state index is 13.5. The number of rotatable bonds is 5. The van der Waals surface area contributed by atoms with Crippen molar-refractivity contribution in [1.82, 2.24) is 0 Å². The zero-order chi connectivity index (χ0) is 25.3. The molecular weight excluding hydrogens is 548 g/mol. The van der Waals surface area contributed by atoms with E-state index in [1.165, 1.54) is 12.0 Å². The molecule has 4 rings (SSSR count). The monoisotopic (exact) mass is 574 g/mol. The van der Waals surface area contributed by atoms with Crippen LogP contribution in [0.3, 0.4) is 0 Å². The first-order chi connectivity index (χ1) is 16.6. The molecule has 1 amide bonds. The first-order valence-electron chi connectivity index (χ1n) is 11.4. The lowest BCUT2D eigenvalue weighted by Gasteiger charge is -2.33. The van der Waals surface area contributed by atoms with E-state index in [-0.39, 0.29) is 17.1 Å². The minimum Gasteiger partial charge on any atom is -0.504 e. The average Bonchev–Trinajstić information content (AvgIpc) is 3.18. The number of methoxy groups -OCH3 is 1. The van der Waals surface area contributed by atoms with Gasteiger partial charge in [0.1, 0.15) is 5.00 Å². The third kappa shape index (κ3) is 5.74. The molecule has 1 aliphatic carbocycles. The van der Waals surface area contributed by atoms with Crippen LogP contribution in [0.5, 0.6) is 11.5 Å². The fourth-order valence-electron chi connectivity index (χ4n) is 4.34. The van der Waals surface area contributed by atoms with Gasteiger partial charge in [0.15, 0.2) is 11.5 Å². The molecule has 2 aromatic carbocycles. The van der Waals surface area contributed by atoms with Crippen LogP contribution < -0.4 is 10.1 Å². The van der Waals surface area contributed by atoms with Gasteiger partial charge in [0.2, 0.25) is 0 Å². The summed E-state index contributed by atoms with van der Waals surface area (Å²) in [6, 6.07) is 10.5. The van der Waals surface area contributed by atoms with E-state index in [2.05, 4.69) is 42.0 Å². The van der Waals surface area contributed by atoms with Crippen molar-refractivity contribution in [1.29, 1.82) is 0 Å². The molecule has 1 heterocycles. The van der Waals surface area contributed by atoms with E-state index in [9.17, 15) is 9.90 Å². The number of aromatic hydroxyl groups is 1. The van der Waals surface area contributed by atoms with Gasteiger partial charge in [-0.05, 0) is 72.6 Å². The summed E-state index contributed by atoms with van der Waals surface area (Å²) in [5.74, 6) is 0.694. The number of carbonyl (C=O) groups excluding carboxylic acids is 1. The molecule has 0 saturated heterocycles. The van der Waals surface area contributed by atoms with Crippen molar-refractivity contribution in [3.8, 4) is 11.5 Å². The molecule has 0 spiro atoms. The van der Waals surface area contributed by atoms with E-state index in [1.807, 2.05) is 0 Å². The highest BCUT2D eigenvalue weighted by Crippen LogP contribution is 2.45. The molecule has 0 bridgehead atoms. The van der Waals surface area contributed by atoms with E-state index in [0.717, 1.165) is 29.3 Å². The highest BCUT2D eigenvalue weighted by Gasteiger charge is 2.33. The van der Waals surface area contributed by atoms with Gasteiger partial charge in [0.25, 0.3) is 5.91 Å². The second-order valence-electron chi connectivity index (χ2n) is 9.75. The minimum atomic E-state index is -0.192. The summed E-state index contributed by atoms with van der Waals surface area (Å²) in [6.45, 7) is 6.81. The Bertz CT molecular complexity index is 1280. The van der Waals surface area contributed by atoms with Crippen LogP contribution in [0.2, 0.25) is 5.02 Å². The zero-order valence-electron chi connectivity index (χ0n) is 20.1. The van der Waals surface area contributed by atoms with E-state index in [0.29, 0.717) is 38.5 Å². The molecular formula is C27H28BrClN2O3S. The van der Waals surface area contributed by atoms with Gasteiger partial charge in [-0.15, -0.1) is 11.3 Å². The molecule has 3 aromatic rings. The Balaban J connectivity index is 1.74. The first kappa shape index (κ1) is 25.7. The van der Waals surface area contributed by atoms with Crippen molar-refractivity contribution in [3.63, 3.8) is 0 Å². The van der Waals surface area contributed by atoms with Crippen LogP contribution in [0.25, 0.3) is 0 Å². The smallest absolute Gasteiger partial charge is 0.259 e. The topological polar surface area (TPSA) is 70.9 Å². The molecule has 5 nitrogen and oxygen atoms in total. The molecule has 1 aromatic heterocycles. The Labute approximate surface area is 223 Å². The van der Waals surface area contributed by atoms with Crippen molar-refractivity contribution >= 4 is 61.7 Å². The van der Waals surface area contributed by atoms with Crippen LogP contribution >= 0.6 is 38.9 Å². The fourth-order valence-corrected chi connectivity index (χ4v) is 6.19. The van der Waals surface area contributed by atoms with Gasteiger partial charge in [-0.2, -0.15) is 0 Å². The van der Waals surface area contributed by atoms with Crippen LogP contribution in [0, 0.1) is 11.3 Å². The van der Waals surface area contributed by atoms with Crippen LogP contribution in [0.1, 0.15) is 53.6 Å². The summed E-state index contributed by atoms with van der Waals surface area (Å²) < 4.78 is 6.01. The number of carbonyl (C=O) groups is 1. The van der Waals surface area contributed by atoms with Crippen molar-refractivity contribution in [3.05, 3.63) is 67.5 Å². The normalized spacial score (nSPS) is 15.8. The molecule has 184 valence electrons. The Morgan fingerprint density at radius 1 is 1.29 bits per heavy atom. The number of amides is 1. The van der Waals surface area contributed by atoms with Gasteiger partial charge in [-0.25, -0.2) is 4.99 Å². The minimum absolute atomic E-state index is 0.000678. The van der Waals surface area contributed by atoms with Crippen molar-refractivity contribution in [2.24, 2.45) is 16.3 Å². The number of nitrogens with one attached hydrogen (secondary N) is 1. The first-order valence-corrected chi connectivity index (χ1v) is 13.4. The Hall–Kier alpha value is -2.35. The van der Waals surface area contributed by atoms with Gasteiger partial charge in [-0.1, -0.05) is 48.3 Å². The quantitative estimate of drug-likeness (QED) is 0.303. The van der Waals surface area contributed by atoms with E-state index >= 15 is 0 Å². The molecule has 0 saturated carbocycles. The summed E-state index contributed by atoms with van der Waals surface area (Å²) in [7, 11) is 1.50. The highest BCUT2D eigenvalue weighted by molar-refractivity contribution is 9.10. The number of nitrogens with zero attached hydrogens (tertiary/aromatic N) is 1. The maximum absolute atomic E-state index is 13.5. The standard InChI is InChI=1S/C27H28BrClN2O3S/c1-27(2,3)16-5-10-20-22(12-16)35-26(23(20)25(33)31-19-8-6-18(29)7-9-19)30-14-15-11-17(28)13-21(34-4)24(15)32/h6-9,11,13-14,16,32H,5,10,12H2,1-4H3,(H,31,33)/t16-/m0/s1. The number of benzene rings is 2. The number of phenols is 1. The van der Waals surface area contributed by atoms with Crippen molar-refractivity contribution in [2.45, 2.75) is 40.0 Å². The van der Waals surface area contributed by atoms with Crippen LogP contribution in [-0.2, 0) is 12.8 Å². The van der Waals surface area contributed by atoms with Gasteiger partial charge in [0.05, 0.1) is 12.7 Å². The Kier molecular flexibility index (Phi) is 7.60. The number of halogens is 2. The number of ether oxygens (including phenoxy) is 1. The average molecular weight is 576 g/mol. The predicted octanol–water partition coefficient (Wildman–Crippen LogP) is 8.03. The number of hydrogen-bond acceptors (Lipinski definition) is 5. The summed E-state index contributed by atoms with van der Waals surface area (Å²) >= 11 is 11.0. The van der Waals surface area contributed by atoms with Crippen LogP contribution in [0.15, 0.2) is 45.9 Å². The van der Waals surface area contributed by atoms with Crippen LogP contribution in [-0.4, -0.2) is 24.3 Å². The molecule has 0 radical (unpaired) electrons. The molecule has 0 aliphatic heterocycles. The van der Waals surface area contributed by atoms with Crippen LogP contribution in [0.4, 0.5) is 10.7 Å². The predicted molar refractivity (Wildman–Crippen MR) is 148 cm³/mol. The third-order valence-corrected chi connectivity index (χ3v) is 8.28. The lowest BCUT2D eigenvalue weighted by atomic mass is 9.72. The van der Waals surface area contributed by atoms with Gasteiger partial charge < -0.3 is 15.2 Å². The molecule has 8 heteroatoms. The number of anilines is 1.